The Bertz CT molecular complexity index is 1230. The van der Waals surface area contributed by atoms with Gasteiger partial charge in [-0.2, -0.15) is 0 Å². The van der Waals surface area contributed by atoms with E-state index in [1.807, 2.05) is 0 Å². The lowest BCUT2D eigenvalue weighted by Gasteiger charge is -2.14. The molecule has 0 atom stereocenters. The molecule has 12 nitrogen and oxygen atoms in total. The summed E-state index contributed by atoms with van der Waals surface area (Å²) in [5.41, 5.74) is 4.00. The number of nitrogen functional groups attached to an aromatic ring is 1. The number of para-hydroxylation sites is 1. The first-order valence-electron chi connectivity index (χ1n) is 8.35. The van der Waals surface area contributed by atoms with E-state index in [1.165, 1.54) is 18.2 Å². The summed E-state index contributed by atoms with van der Waals surface area (Å²) in [6, 6.07) is 5.30. The molecule has 154 valence electrons. The van der Waals surface area contributed by atoms with Gasteiger partial charge in [0.2, 0.25) is 5.43 Å². The largest absolute Gasteiger partial charge is 0.480 e. The molecule has 1 aromatic rings. The summed E-state index contributed by atoms with van der Waals surface area (Å²) in [6.07, 6.45) is 0. The highest BCUT2D eigenvalue weighted by Crippen LogP contribution is 2.30. The molecule has 0 radical (unpaired) electrons. The topological polar surface area (TPSA) is 202 Å². The molecule has 12 heteroatoms. The number of nitrogens with one attached hydrogen (secondary N) is 2. The number of hydrogen-bond donors (Lipinski definition) is 5. The van der Waals surface area contributed by atoms with Crippen LogP contribution < -0.4 is 21.8 Å². The molecule has 0 bridgehead atoms. The van der Waals surface area contributed by atoms with Crippen LogP contribution in [0.2, 0.25) is 0 Å². The van der Waals surface area contributed by atoms with E-state index < -0.39 is 53.5 Å². The van der Waals surface area contributed by atoms with Crippen LogP contribution in [0.3, 0.4) is 0 Å². The van der Waals surface area contributed by atoms with Crippen molar-refractivity contribution in [3.63, 3.8) is 0 Å². The summed E-state index contributed by atoms with van der Waals surface area (Å²) in [6.45, 7) is -1.36. The van der Waals surface area contributed by atoms with Gasteiger partial charge in [0.15, 0.2) is 11.3 Å². The van der Waals surface area contributed by atoms with Gasteiger partial charge in [-0.3, -0.25) is 24.0 Å². The van der Waals surface area contributed by atoms with Crippen LogP contribution in [-0.4, -0.2) is 52.0 Å². The van der Waals surface area contributed by atoms with Gasteiger partial charge in [0, 0.05) is 6.07 Å². The van der Waals surface area contributed by atoms with Gasteiger partial charge >= 0.3 is 11.9 Å². The quantitative estimate of drug-likeness (QED) is 0.258. The predicted molar refractivity (Wildman–Crippen MR) is 101 cm³/mol. The molecule has 0 fully saturated rings. The minimum absolute atomic E-state index is 0.0155. The maximum atomic E-state index is 12.4. The second kappa shape index (κ2) is 7.87. The summed E-state index contributed by atoms with van der Waals surface area (Å²) in [5, 5.41) is 21.8. The van der Waals surface area contributed by atoms with Crippen molar-refractivity contribution >= 4 is 40.5 Å². The first kappa shape index (κ1) is 20.3. The minimum Gasteiger partial charge on any atom is -0.480 e. The Kier molecular flexibility index (Phi) is 5.31. The normalized spacial score (nSPS) is 10.7. The lowest BCUT2D eigenvalue weighted by atomic mass is 10.0. The van der Waals surface area contributed by atoms with Gasteiger partial charge in [-0.15, -0.1) is 0 Å². The fourth-order valence-electron chi connectivity index (χ4n) is 2.69. The number of amides is 2. The van der Waals surface area contributed by atoms with E-state index in [2.05, 4.69) is 15.6 Å². The number of aromatic nitrogens is 1. The number of carboxylic acids is 2. The van der Waals surface area contributed by atoms with Gasteiger partial charge in [-0.1, -0.05) is 6.07 Å². The summed E-state index contributed by atoms with van der Waals surface area (Å²) >= 11 is 0. The Labute approximate surface area is 166 Å². The molecule has 0 saturated carbocycles. The number of benzene rings is 2. The zero-order valence-corrected chi connectivity index (χ0v) is 15.1. The van der Waals surface area contributed by atoms with Crippen LogP contribution in [-0.2, 0) is 9.59 Å². The lowest BCUT2D eigenvalue weighted by molar-refractivity contribution is -0.136. The van der Waals surface area contributed by atoms with Crippen molar-refractivity contribution in [2.75, 3.05) is 18.8 Å². The van der Waals surface area contributed by atoms with Crippen molar-refractivity contribution in [1.82, 2.24) is 15.6 Å². The van der Waals surface area contributed by atoms with Crippen LogP contribution >= 0.6 is 0 Å². The summed E-state index contributed by atoms with van der Waals surface area (Å²) < 4.78 is 5.60. The maximum Gasteiger partial charge on any atom is 0.322 e. The van der Waals surface area contributed by atoms with Crippen LogP contribution in [0.5, 0.6) is 0 Å². The zero-order valence-electron chi connectivity index (χ0n) is 15.1. The maximum absolute atomic E-state index is 12.4. The highest BCUT2D eigenvalue weighted by molar-refractivity contribution is 6.08. The number of nitrogens with zero attached hydrogens (tertiary/aromatic N) is 1. The van der Waals surface area contributed by atoms with Crippen molar-refractivity contribution in [1.29, 1.82) is 0 Å². The van der Waals surface area contributed by atoms with Crippen molar-refractivity contribution in [2.45, 2.75) is 0 Å². The fraction of sp³-hybridized carbons (Fsp3) is 0.111. The molecule has 0 aromatic heterocycles. The number of carboxylic acid groups (broad SMARTS) is 2. The van der Waals surface area contributed by atoms with E-state index in [1.54, 1.807) is 0 Å². The van der Waals surface area contributed by atoms with Crippen LogP contribution in [0.15, 0.2) is 33.5 Å². The Hall–Kier alpha value is -4.48. The number of rotatable bonds is 6. The summed E-state index contributed by atoms with van der Waals surface area (Å²) in [7, 11) is 0. The Morgan fingerprint density at radius 1 is 1.03 bits per heavy atom. The van der Waals surface area contributed by atoms with Gasteiger partial charge < -0.3 is 31.0 Å². The van der Waals surface area contributed by atoms with Crippen molar-refractivity contribution in [3.05, 3.63) is 45.6 Å². The second-order valence-corrected chi connectivity index (χ2v) is 6.03. The van der Waals surface area contributed by atoms with Crippen molar-refractivity contribution in [2.24, 2.45) is 0 Å². The zero-order chi connectivity index (χ0) is 22.0. The standard InChI is InChI=1S/C18H14N4O8/c19-14-8(23)4-10-16(13(14)18(29)21-6-12(26)27)22-15-7(2-1-3-9(15)30-10)17(28)20-5-11(24)25/h1-4H,5-6,19H2,(H,20,28)(H,21,29)(H,24,25)(H,26,27). The first-order chi connectivity index (χ1) is 14.2. The van der Waals surface area contributed by atoms with E-state index >= 15 is 0 Å². The van der Waals surface area contributed by atoms with Crippen LogP contribution in [0.4, 0.5) is 5.69 Å². The monoisotopic (exact) mass is 414 g/mol. The van der Waals surface area contributed by atoms with E-state index in [9.17, 15) is 24.0 Å². The Morgan fingerprint density at radius 2 is 1.67 bits per heavy atom. The average Bonchev–Trinajstić information content (AvgIpc) is 2.69. The van der Waals surface area contributed by atoms with Gasteiger partial charge in [0.05, 0.1) is 16.8 Å². The molecule has 1 aromatic carbocycles. The van der Waals surface area contributed by atoms with E-state index in [4.69, 9.17) is 20.4 Å². The van der Waals surface area contributed by atoms with Crippen molar-refractivity contribution in [3.8, 4) is 11.5 Å². The average molecular weight is 414 g/mol. The molecule has 0 unspecified atom stereocenters. The molecule has 30 heavy (non-hydrogen) atoms. The Balaban J connectivity index is 2.21. The van der Waals surface area contributed by atoms with Gasteiger partial charge in [-0.25, -0.2) is 4.98 Å². The number of carbonyl (C=O) groups excluding carboxylic acids is 2. The third kappa shape index (κ3) is 3.87. The number of nitrogens with two attached hydrogens (primary N) is 1. The van der Waals surface area contributed by atoms with Crippen molar-refractivity contribution < 1.29 is 33.8 Å². The Morgan fingerprint density at radius 3 is 2.30 bits per heavy atom. The molecule has 0 saturated heterocycles. The predicted octanol–water partition coefficient (Wildman–Crippen LogP) is -0.496. The molecule has 2 amide bonds. The molecule has 2 aliphatic rings. The molecular formula is C18H14N4O8. The summed E-state index contributed by atoms with van der Waals surface area (Å²) in [5.74, 6) is -4.39. The second-order valence-electron chi connectivity index (χ2n) is 6.03. The molecule has 1 aliphatic heterocycles. The highest BCUT2D eigenvalue weighted by Gasteiger charge is 2.26. The molecule has 0 spiro atoms. The number of carbonyl (C=O) groups is 4. The number of aliphatic carboxylic acids is 2. The van der Waals surface area contributed by atoms with Gasteiger partial charge in [0.25, 0.3) is 11.8 Å². The smallest absolute Gasteiger partial charge is 0.322 e. The molecule has 1 heterocycles. The fourth-order valence-corrected chi connectivity index (χ4v) is 2.69. The highest BCUT2D eigenvalue weighted by atomic mass is 16.4. The van der Waals surface area contributed by atoms with Crippen LogP contribution in [0.25, 0.3) is 22.6 Å². The number of anilines is 1. The molecular weight excluding hydrogens is 400 g/mol. The number of fused-ring (bicyclic) bond motifs is 2. The van der Waals surface area contributed by atoms with Gasteiger partial charge in [-0.05, 0) is 12.1 Å². The lowest BCUT2D eigenvalue weighted by Crippen LogP contribution is -2.32. The van der Waals surface area contributed by atoms with E-state index in [0.29, 0.717) is 0 Å². The first-order valence-corrected chi connectivity index (χ1v) is 8.35. The molecule has 3 rings (SSSR count). The van der Waals surface area contributed by atoms with E-state index in [0.717, 1.165) is 6.07 Å². The SMILES string of the molecule is Nc1c(C(=O)NCC(=O)O)c2nc3c(C(=O)NCC(=O)O)cccc3oc-2cc1=O. The third-order valence-corrected chi connectivity index (χ3v) is 3.98. The van der Waals surface area contributed by atoms with E-state index in [-0.39, 0.29) is 28.1 Å². The number of hydrogen-bond acceptors (Lipinski definition) is 8. The van der Waals surface area contributed by atoms with Gasteiger partial charge in [0.1, 0.15) is 24.3 Å². The molecule has 1 aliphatic carbocycles. The third-order valence-electron chi connectivity index (χ3n) is 3.98. The van der Waals surface area contributed by atoms with Crippen LogP contribution in [0.1, 0.15) is 20.7 Å². The minimum atomic E-state index is -1.31. The van der Waals surface area contributed by atoms with Crippen LogP contribution in [0, 0.1) is 0 Å². The molecule has 6 N–H and O–H groups in total. The summed E-state index contributed by atoms with van der Waals surface area (Å²) in [4.78, 5) is 62.6.